The summed E-state index contributed by atoms with van der Waals surface area (Å²) < 4.78 is 71.1. The van der Waals surface area contributed by atoms with Crippen molar-refractivity contribution in [1.82, 2.24) is 9.97 Å². The van der Waals surface area contributed by atoms with Gasteiger partial charge in [-0.3, -0.25) is 4.72 Å². The number of hydrogen-bond acceptors (Lipinski definition) is 6. The molecule has 0 atom stereocenters. The number of alkyl halides is 3. The van der Waals surface area contributed by atoms with Crippen molar-refractivity contribution in [2.24, 2.45) is 0 Å². The molecule has 1 N–H and O–H groups in total. The Morgan fingerprint density at radius 2 is 1.78 bits per heavy atom. The number of anilines is 1. The zero-order valence-corrected chi connectivity index (χ0v) is 12.4. The van der Waals surface area contributed by atoms with Gasteiger partial charge in [0.1, 0.15) is 17.9 Å². The standard InChI is InChI=1S/C12H10F3N3O4S/c1-21-11-6-10(16-7-17-11)18-23(19,20)9-4-2-8(3-5-9)22-12(13,14)15/h2-7H,1H3,(H,16,17,18). The van der Waals surface area contributed by atoms with Crippen LogP contribution in [0.2, 0.25) is 0 Å². The number of rotatable bonds is 5. The van der Waals surface area contributed by atoms with E-state index < -0.39 is 22.1 Å². The monoisotopic (exact) mass is 349 g/mol. The van der Waals surface area contributed by atoms with Crippen LogP contribution in [-0.4, -0.2) is 31.9 Å². The van der Waals surface area contributed by atoms with Crippen molar-refractivity contribution in [3.8, 4) is 11.6 Å². The minimum absolute atomic E-state index is 0.0486. The van der Waals surface area contributed by atoms with Crippen LogP contribution in [-0.2, 0) is 10.0 Å². The van der Waals surface area contributed by atoms with Gasteiger partial charge in [-0.1, -0.05) is 0 Å². The molecular formula is C12H10F3N3O4S. The van der Waals surface area contributed by atoms with Gasteiger partial charge in [0.25, 0.3) is 10.0 Å². The highest BCUT2D eigenvalue weighted by molar-refractivity contribution is 7.92. The first-order valence-corrected chi connectivity index (χ1v) is 7.42. The Kier molecular flexibility index (Phi) is 4.59. The first kappa shape index (κ1) is 16.8. The van der Waals surface area contributed by atoms with Crippen LogP contribution in [0.15, 0.2) is 41.6 Å². The van der Waals surface area contributed by atoms with E-state index in [0.29, 0.717) is 0 Å². The van der Waals surface area contributed by atoms with Crippen LogP contribution in [0.1, 0.15) is 0 Å². The first-order chi connectivity index (χ1) is 10.7. The normalized spacial score (nSPS) is 11.8. The molecule has 0 radical (unpaired) electrons. The summed E-state index contributed by atoms with van der Waals surface area (Å²) in [6, 6.07) is 4.98. The smallest absolute Gasteiger partial charge is 0.481 e. The Labute approximate surface area is 129 Å². The lowest BCUT2D eigenvalue weighted by molar-refractivity contribution is -0.274. The van der Waals surface area contributed by atoms with Crippen molar-refractivity contribution < 1.29 is 31.1 Å². The number of nitrogens with one attached hydrogen (secondary N) is 1. The molecule has 1 aromatic carbocycles. The summed E-state index contributed by atoms with van der Waals surface area (Å²) in [6.45, 7) is 0. The number of nitrogens with zero attached hydrogens (tertiary/aromatic N) is 2. The maximum Gasteiger partial charge on any atom is 0.573 e. The number of hydrogen-bond donors (Lipinski definition) is 1. The van der Waals surface area contributed by atoms with E-state index in [1.807, 2.05) is 0 Å². The molecule has 0 saturated heterocycles. The molecule has 0 amide bonds. The molecule has 1 aromatic heterocycles. The SMILES string of the molecule is COc1cc(NS(=O)(=O)c2ccc(OC(F)(F)F)cc2)ncn1. The largest absolute Gasteiger partial charge is 0.573 e. The zero-order valence-electron chi connectivity index (χ0n) is 11.5. The van der Waals surface area contributed by atoms with Gasteiger partial charge in [-0.25, -0.2) is 18.4 Å². The lowest BCUT2D eigenvalue weighted by atomic mass is 10.3. The summed E-state index contributed by atoms with van der Waals surface area (Å²) in [4.78, 5) is 7.16. The van der Waals surface area contributed by atoms with Crippen molar-refractivity contribution in [3.05, 3.63) is 36.7 Å². The van der Waals surface area contributed by atoms with Crippen molar-refractivity contribution in [2.75, 3.05) is 11.8 Å². The number of halogens is 3. The van der Waals surface area contributed by atoms with Gasteiger partial charge in [0.15, 0.2) is 0 Å². The molecule has 7 nitrogen and oxygen atoms in total. The average molecular weight is 349 g/mol. The molecule has 23 heavy (non-hydrogen) atoms. The number of methoxy groups -OCH3 is 1. The predicted molar refractivity (Wildman–Crippen MR) is 72.5 cm³/mol. The Morgan fingerprint density at radius 1 is 1.13 bits per heavy atom. The molecule has 2 rings (SSSR count). The second-order valence-electron chi connectivity index (χ2n) is 4.07. The molecule has 0 aliphatic carbocycles. The van der Waals surface area contributed by atoms with Gasteiger partial charge in [0, 0.05) is 6.07 Å². The summed E-state index contributed by atoms with van der Waals surface area (Å²) in [5, 5.41) is 0. The van der Waals surface area contributed by atoms with Gasteiger partial charge in [-0.2, -0.15) is 0 Å². The summed E-state index contributed by atoms with van der Waals surface area (Å²) in [7, 11) is -2.68. The van der Waals surface area contributed by atoms with E-state index in [-0.39, 0.29) is 16.6 Å². The van der Waals surface area contributed by atoms with Crippen LogP contribution < -0.4 is 14.2 Å². The highest BCUT2D eigenvalue weighted by atomic mass is 32.2. The van der Waals surface area contributed by atoms with E-state index in [9.17, 15) is 21.6 Å². The first-order valence-electron chi connectivity index (χ1n) is 5.94. The molecular weight excluding hydrogens is 339 g/mol. The summed E-state index contributed by atoms with van der Waals surface area (Å²) in [5.74, 6) is -0.431. The Bertz CT molecular complexity index is 779. The van der Waals surface area contributed by atoms with Gasteiger partial charge in [-0.15, -0.1) is 13.2 Å². The molecule has 11 heteroatoms. The van der Waals surface area contributed by atoms with Gasteiger partial charge in [-0.05, 0) is 24.3 Å². The maximum atomic E-state index is 12.1. The molecule has 124 valence electrons. The van der Waals surface area contributed by atoms with Crippen molar-refractivity contribution >= 4 is 15.8 Å². The van der Waals surface area contributed by atoms with Crippen molar-refractivity contribution in [1.29, 1.82) is 0 Å². The van der Waals surface area contributed by atoms with Gasteiger partial charge in [0.05, 0.1) is 12.0 Å². The molecule has 0 aliphatic heterocycles. The van der Waals surface area contributed by atoms with Crippen LogP contribution in [0.5, 0.6) is 11.6 Å². The number of ether oxygens (including phenoxy) is 2. The van der Waals surface area contributed by atoms with E-state index in [1.165, 1.54) is 13.2 Å². The van der Waals surface area contributed by atoms with E-state index in [2.05, 4.69) is 19.4 Å². The second-order valence-corrected chi connectivity index (χ2v) is 5.75. The summed E-state index contributed by atoms with van der Waals surface area (Å²) in [5.41, 5.74) is 0. The van der Waals surface area contributed by atoms with E-state index in [4.69, 9.17) is 4.74 Å². The van der Waals surface area contributed by atoms with Crippen LogP contribution in [0.25, 0.3) is 0 Å². The summed E-state index contributed by atoms with van der Waals surface area (Å²) in [6.07, 6.45) is -3.76. The van der Waals surface area contributed by atoms with Crippen LogP contribution in [0, 0.1) is 0 Å². The second kappa shape index (κ2) is 6.28. The van der Waals surface area contributed by atoms with Crippen molar-refractivity contribution in [3.63, 3.8) is 0 Å². The lowest BCUT2D eigenvalue weighted by Gasteiger charge is -2.10. The molecule has 0 fully saturated rings. The average Bonchev–Trinajstić information content (AvgIpc) is 2.46. The van der Waals surface area contributed by atoms with E-state index in [1.54, 1.807) is 0 Å². The molecule has 0 spiro atoms. The Hall–Kier alpha value is -2.56. The molecule has 1 heterocycles. The fourth-order valence-electron chi connectivity index (χ4n) is 1.52. The molecule has 2 aromatic rings. The van der Waals surface area contributed by atoms with Gasteiger partial charge in [0.2, 0.25) is 5.88 Å². The fourth-order valence-corrected chi connectivity index (χ4v) is 2.52. The molecule has 0 saturated carbocycles. The summed E-state index contributed by atoms with van der Waals surface area (Å²) >= 11 is 0. The highest BCUT2D eigenvalue weighted by Gasteiger charge is 2.31. The van der Waals surface area contributed by atoms with Crippen LogP contribution in [0.3, 0.4) is 0 Å². The highest BCUT2D eigenvalue weighted by Crippen LogP contribution is 2.24. The Morgan fingerprint density at radius 3 is 2.35 bits per heavy atom. The van der Waals surface area contributed by atoms with Gasteiger partial charge >= 0.3 is 6.36 Å². The molecule has 0 unspecified atom stereocenters. The quantitative estimate of drug-likeness (QED) is 0.890. The minimum atomic E-state index is -4.85. The number of aromatic nitrogens is 2. The molecule has 0 bridgehead atoms. The lowest BCUT2D eigenvalue weighted by Crippen LogP contribution is -2.17. The van der Waals surface area contributed by atoms with Gasteiger partial charge < -0.3 is 9.47 Å². The van der Waals surface area contributed by atoms with E-state index >= 15 is 0 Å². The predicted octanol–water partition coefficient (Wildman–Crippen LogP) is 2.18. The third-order valence-electron chi connectivity index (χ3n) is 2.46. The topological polar surface area (TPSA) is 90.4 Å². The van der Waals surface area contributed by atoms with Crippen LogP contribution in [0.4, 0.5) is 19.0 Å². The minimum Gasteiger partial charge on any atom is -0.481 e. The molecule has 0 aliphatic rings. The third kappa shape index (κ3) is 4.71. The zero-order chi connectivity index (χ0) is 17.1. The third-order valence-corrected chi connectivity index (χ3v) is 3.83. The number of sulfonamides is 1. The fraction of sp³-hybridized carbons (Fsp3) is 0.167. The van der Waals surface area contributed by atoms with E-state index in [0.717, 1.165) is 30.6 Å². The maximum absolute atomic E-state index is 12.1. The Balaban J connectivity index is 2.19. The van der Waals surface area contributed by atoms with Crippen LogP contribution >= 0.6 is 0 Å². The number of benzene rings is 1. The van der Waals surface area contributed by atoms with Crippen molar-refractivity contribution in [2.45, 2.75) is 11.3 Å².